The van der Waals surface area contributed by atoms with Crippen LogP contribution in [0.2, 0.25) is 0 Å². The summed E-state index contributed by atoms with van der Waals surface area (Å²) in [5.41, 5.74) is 22.9. The van der Waals surface area contributed by atoms with Gasteiger partial charge in [0.2, 0.25) is 0 Å². The van der Waals surface area contributed by atoms with Crippen LogP contribution in [-0.2, 0) is 32.5 Å². The highest BCUT2D eigenvalue weighted by molar-refractivity contribution is 7.26. The minimum Gasteiger partial charge on any atom is -0.456 e. The second-order valence-electron chi connectivity index (χ2n) is 26.4. The summed E-state index contributed by atoms with van der Waals surface area (Å²) in [7, 11) is 0. The van der Waals surface area contributed by atoms with Crippen molar-refractivity contribution in [1.29, 1.82) is 0 Å². The van der Waals surface area contributed by atoms with E-state index in [1.54, 1.807) is 0 Å². The monoisotopic (exact) mass is 947 g/mol. The molecule has 3 aliphatic carbocycles. The first kappa shape index (κ1) is 44.0. The molecule has 2 aromatic heterocycles. The second kappa shape index (κ2) is 14.0. The van der Waals surface area contributed by atoms with Crippen LogP contribution < -0.4 is 20.6 Å². The van der Waals surface area contributed by atoms with Gasteiger partial charge in [0.1, 0.15) is 11.2 Å². The lowest BCUT2D eigenvalue weighted by Crippen LogP contribution is -2.62. The fourth-order valence-electron chi connectivity index (χ4n) is 14.6. The van der Waals surface area contributed by atoms with Gasteiger partial charge in [-0.05, 0) is 176 Å². The van der Waals surface area contributed by atoms with Gasteiger partial charge in [-0.3, -0.25) is 0 Å². The van der Waals surface area contributed by atoms with E-state index < -0.39 is 0 Å². The van der Waals surface area contributed by atoms with E-state index in [0.29, 0.717) is 0 Å². The molecular weight excluding hydrogens is 880 g/mol. The Hall–Kier alpha value is -5.78. The molecule has 0 unspecified atom stereocenters. The fraction of sp³-hybridized carbons (Fsp3) is 0.364. The average molecular weight is 947 g/mol. The van der Waals surface area contributed by atoms with Gasteiger partial charge in [-0.1, -0.05) is 138 Å². The van der Waals surface area contributed by atoms with E-state index in [1.165, 1.54) is 134 Å². The molecule has 7 aromatic carbocycles. The summed E-state index contributed by atoms with van der Waals surface area (Å²) in [5, 5.41) is 5.03. The van der Waals surface area contributed by atoms with E-state index in [-0.39, 0.29) is 39.3 Å². The molecule has 0 radical (unpaired) electrons. The zero-order valence-corrected chi connectivity index (χ0v) is 44.8. The molecule has 356 valence electrons. The number of hydrogen-bond acceptors (Lipinski definition) is 4. The summed E-state index contributed by atoms with van der Waals surface area (Å²) in [5.74, 6) is 0. The van der Waals surface area contributed by atoms with Crippen LogP contribution in [0.4, 0.5) is 28.4 Å². The van der Waals surface area contributed by atoms with E-state index in [4.69, 9.17) is 4.42 Å². The minimum absolute atomic E-state index is 0.0114. The van der Waals surface area contributed by atoms with Crippen LogP contribution in [-0.4, -0.2) is 6.85 Å². The molecule has 4 heterocycles. The maximum Gasteiger partial charge on any atom is 0.333 e. The zero-order valence-electron chi connectivity index (χ0n) is 44.0. The summed E-state index contributed by atoms with van der Waals surface area (Å²) >= 11 is 1.97. The van der Waals surface area contributed by atoms with E-state index in [9.17, 15) is 0 Å². The Morgan fingerprint density at radius 2 is 1.00 bits per heavy atom. The molecular formula is C66H67BN2OS. The van der Waals surface area contributed by atoms with Crippen molar-refractivity contribution >= 4 is 99.7 Å². The number of hydrogen-bond donors (Lipinski definition) is 0. The van der Waals surface area contributed by atoms with Gasteiger partial charge >= 0.3 is 6.85 Å². The third kappa shape index (κ3) is 5.96. The number of benzene rings is 7. The number of fused-ring (bicyclic) bond motifs is 15. The van der Waals surface area contributed by atoms with Gasteiger partial charge in [-0.15, -0.1) is 11.3 Å². The maximum atomic E-state index is 6.90. The molecule has 71 heavy (non-hydrogen) atoms. The van der Waals surface area contributed by atoms with E-state index in [2.05, 4.69) is 208 Å². The van der Waals surface area contributed by atoms with E-state index in [0.717, 1.165) is 30.4 Å². The maximum absolute atomic E-state index is 6.90. The largest absolute Gasteiger partial charge is 0.456 e. The zero-order chi connectivity index (χ0) is 49.1. The van der Waals surface area contributed by atoms with E-state index >= 15 is 0 Å². The predicted octanol–water partition coefficient (Wildman–Crippen LogP) is 17.7. The number of furan rings is 1. The first-order chi connectivity index (χ1) is 33.7. The minimum atomic E-state index is -0.135. The van der Waals surface area contributed by atoms with Gasteiger partial charge in [0.15, 0.2) is 0 Å². The van der Waals surface area contributed by atoms with Crippen LogP contribution in [0.1, 0.15) is 155 Å². The Bertz CT molecular complexity index is 3820. The summed E-state index contributed by atoms with van der Waals surface area (Å²) in [6.45, 7) is 29.6. The summed E-state index contributed by atoms with van der Waals surface area (Å²) in [6, 6.07) is 45.8. The van der Waals surface area contributed by atoms with Crippen molar-refractivity contribution in [2.45, 2.75) is 154 Å². The molecule has 0 atom stereocenters. The molecule has 0 saturated heterocycles. The molecule has 0 spiro atoms. The van der Waals surface area contributed by atoms with Crippen molar-refractivity contribution in [2.24, 2.45) is 0 Å². The Morgan fingerprint density at radius 3 is 1.65 bits per heavy atom. The highest BCUT2D eigenvalue weighted by Gasteiger charge is 2.50. The van der Waals surface area contributed by atoms with Crippen LogP contribution in [0.3, 0.4) is 0 Å². The Balaban J connectivity index is 1.19. The van der Waals surface area contributed by atoms with Crippen LogP contribution in [0.25, 0.3) is 53.2 Å². The van der Waals surface area contributed by atoms with Crippen LogP contribution >= 0.6 is 11.3 Å². The molecule has 9 aromatic rings. The standard InChI is InChI=1S/C66H67BN2OS/c1-61(2)27-29-63(5,6)46-33-38(21-24-44(46)61)68-51-37-49-48(65(9,10)31-32-66(49,11)12)36-50(51)67-58-52(68)35-43-40-17-14-16-20-55(40)71-60(43)57(58)42-23-26-54-56(41-18-13-15-19-53(41)70-54)59(42)69(67)39-22-25-45-47(34-39)64(7,8)30-28-62(45,3)4/h13-26,33-37H,27-32H2,1-12H3. The van der Waals surface area contributed by atoms with Gasteiger partial charge in [0, 0.05) is 65.1 Å². The second-order valence-corrected chi connectivity index (χ2v) is 27.5. The number of para-hydroxylation sites is 1. The van der Waals surface area contributed by atoms with Crippen molar-refractivity contribution in [3.63, 3.8) is 0 Å². The third-order valence-electron chi connectivity index (χ3n) is 19.2. The number of nitrogens with zero attached hydrogens (tertiary/aromatic N) is 2. The van der Waals surface area contributed by atoms with Gasteiger partial charge in [0.25, 0.3) is 0 Å². The molecule has 3 nitrogen and oxygen atoms in total. The van der Waals surface area contributed by atoms with Crippen molar-refractivity contribution < 1.29 is 4.42 Å². The Kier molecular flexibility index (Phi) is 8.69. The highest BCUT2D eigenvalue weighted by Crippen LogP contribution is 2.58. The molecule has 0 N–H and O–H groups in total. The van der Waals surface area contributed by atoms with Gasteiger partial charge in [0.05, 0.1) is 5.39 Å². The Morgan fingerprint density at radius 1 is 0.465 bits per heavy atom. The first-order valence-electron chi connectivity index (χ1n) is 26.7. The van der Waals surface area contributed by atoms with Crippen molar-refractivity contribution in [1.82, 2.24) is 0 Å². The van der Waals surface area contributed by atoms with Crippen molar-refractivity contribution in [3.8, 4) is 11.1 Å². The normalized spacial score (nSPS) is 20.4. The first-order valence-corrected chi connectivity index (χ1v) is 27.5. The lowest BCUT2D eigenvalue weighted by Gasteiger charge is -2.49. The molecule has 2 aliphatic heterocycles. The number of rotatable bonds is 2. The van der Waals surface area contributed by atoms with Gasteiger partial charge in [-0.25, -0.2) is 0 Å². The quantitative estimate of drug-likeness (QED) is 0.161. The molecule has 0 fully saturated rings. The fourth-order valence-corrected chi connectivity index (χ4v) is 15.8. The molecule has 5 heteroatoms. The topological polar surface area (TPSA) is 19.6 Å². The number of anilines is 5. The van der Waals surface area contributed by atoms with Gasteiger partial charge in [-0.2, -0.15) is 0 Å². The Labute approximate surface area is 425 Å². The number of thiophene rings is 1. The summed E-state index contributed by atoms with van der Waals surface area (Å²) < 4.78 is 9.60. The van der Waals surface area contributed by atoms with Crippen molar-refractivity contribution in [2.75, 3.05) is 9.71 Å². The van der Waals surface area contributed by atoms with Crippen LogP contribution in [0, 0.1) is 0 Å². The third-order valence-corrected chi connectivity index (χ3v) is 20.4. The molecule has 5 aliphatic rings. The molecule has 0 bridgehead atoms. The van der Waals surface area contributed by atoms with Crippen molar-refractivity contribution in [3.05, 3.63) is 149 Å². The van der Waals surface area contributed by atoms with Crippen LogP contribution in [0.5, 0.6) is 0 Å². The smallest absolute Gasteiger partial charge is 0.333 e. The average Bonchev–Trinajstić information content (AvgIpc) is 3.91. The predicted molar refractivity (Wildman–Crippen MR) is 306 cm³/mol. The molecule has 0 amide bonds. The molecule has 14 rings (SSSR count). The lowest BCUT2D eigenvalue weighted by molar-refractivity contribution is 0.332. The summed E-state index contributed by atoms with van der Waals surface area (Å²) in [6.07, 6.45) is 7.02. The lowest BCUT2D eigenvalue weighted by atomic mass is 9.42. The molecule has 0 saturated carbocycles. The highest BCUT2D eigenvalue weighted by atomic mass is 32.1. The summed E-state index contributed by atoms with van der Waals surface area (Å²) in [4.78, 5) is 5.55. The SMILES string of the molecule is CC1(C)CCC(C)(C)c2cc(N3B4c5cc6c(cc5N(c5ccc7c(c5)C(C)(C)CCC7(C)C)c5cc7c(sc8ccccc87)c(c54)-c4ccc5oc7ccccc7c5c43)C(C)(C)CCC6(C)C)ccc21. The van der Waals surface area contributed by atoms with Crippen LogP contribution in [0.15, 0.2) is 120 Å². The van der Waals surface area contributed by atoms with Gasteiger partial charge < -0.3 is 14.1 Å². The van der Waals surface area contributed by atoms with E-state index in [1.807, 2.05) is 11.3 Å².